The fourth-order valence-corrected chi connectivity index (χ4v) is 4.00. The molecule has 0 saturated carbocycles. The van der Waals surface area contributed by atoms with Gasteiger partial charge in [-0.15, -0.1) is 0 Å². The molecule has 0 radical (unpaired) electrons. The van der Waals surface area contributed by atoms with E-state index in [2.05, 4.69) is 71.5 Å². The third kappa shape index (κ3) is 4.58. The summed E-state index contributed by atoms with van der Waals surface area (Å²) in [5.41, 5.74) is 3.08. The van der Waals surface area contributed by atoms with E-state index in [4.69, 9.17) is 18.6 Å². The highest BCUT2D eigenvalue weighted by Gasteiger charge is 2.56. The van der Waals surface area contributed by atoms with Gasteiger partial charge >= 0.3 is 0 Å². The van der Waals surface area contributed by atoms with Crippen LogP contribution in [-0.2, 0) is 18.6 Å². The molecule has 2 aliphatic heterocycles. The zero-order valence-corrected chi connectivity index (χ0v) is 18.9. The Morgan fingerprint density at radius 1 is 1.22 bits per heavy atom. The van der Waals surface area contributed by atoms with Crippen LogP contribution in [0.2, 0.25) is 18.1 Å². The van der Waals surface area contributed by atoms with Crippen LogP contribution in [0.4, 0.5) is 0 Å². The molecule has 2 fully saturated rings. The van der Waals surface area contributed by atoms with E-state index in [9.17, 15) is 0 Å². The van der Waals surface area contributed by atoms with Crippen molar-refractivity contribution in [2.75, 3.05) is 0 Å². The number of hydrogen-bond donors (Lipinski definition) is 0. The molecule has 2 heterocycles. The Morgan fingerprint density at radius 3 is 2.35 bits per heavy atom. The molecular formula is C16H26Br2O4Si. The monoisotopic (exact) mass is 468 g/mol. The predicted molar refractivity (Wildman–Crippen MR) is 100 cm³/mol. The predicted octanol–water partition coefficient (Wildman–Crippen LogP) is 5.04. The summed E-state index contributed by atoms with van der Waals surface area (Å²) in [6, 6.07) is 0. The maximum absolute atomic E-state index is 6.61. The lowest BCUT2D eigenvalue weighted by Crippen LogP contribution is -2.49. The van der Waals surface area contributed by atoms with Crippen molar-refractivity contribution in [2.45, 2.75) is 83.1 Å². The van der Waals surface area contributed by atoms with Gasteiger partial charge in [-0.1, -0.05) is 26.5 Å². The molecule has 0 N–H and O–H groups in total. The van der Waals surface area contributed by atoms with Gasteiger partial charge in [0.1, 0.15) is 21.7 Å². The minimum absolute atomic E-state index is 0.111. The molecule has 0 aromatic heterocycles. The summed E-state index contributed by atoms with van der Waals surface area (Å²) in [4.78, 5) is 0. The second-order valence-corrected chi connectivity index (χ2v) is 15.4. The van der Waals surface area contributed by atoms with Gasteiger partial charge in [0.2, 0.25) is 0 Å². The molecule has 2 saturated heterocycles. The lowest BCUT2D eigenvalue weighted by atomic mass is 10.1. The zero-order valence-electron chi connectivity index (χ0n) is 14.8. The average molecular weight is 470 g/mol. The maximum Gasteiger partial charge on any atom is 0.192 e. The normalized spacial score (nSPS) is 33.3. The summed E-state index contributed by atoms with van der Waals surface area (Å²) in [6.07, 6.45) is 0.775. The number of halogens is 2. The van der Waals surface area contributed by atoms with Crippen LogP contribution in [-0.4, -0.2) is 38.7 Å². The van der Waals surface area contributed by atoms with Gasteiger partial charge in [0.25, 0.3) is 0 Å². The molecule has 4 atom stereocenters. The molecule has 4 nitrogen and oxygen atoms in total. The average Bonchev–Trinajstić information content (AvgIpc) is 2.79. The molecule has 2 rings (SSSR count). The molecule has 0 bridgehead atoms. The second-order valence-electron chi connectivity index (χ2n) is 7.98. The van der Waals surface area contributed by atoms with Crippen LogP contribution in [0, 0.1) is 0 Å². The van der Waals surface area contributed by atoms with Gasteiger partial charge in [-0.05, 0) is 69.9 Å². The highest BCUT2D eigenvalue weighted by atomic mass is 79.9. The van der Waals surface area contributed by atoms with Crippen LogP contribution in [0.15, 0.2) is 15.2 Å². The Morgan fingerprint density at radius 2 is 1.83 bits per heavy atom. The van der Waals surface area contributed by atoms with Crippen LogP contribution in [0.5, 0.6) is 0 Å². The number of ether oxygens (including phenoxy) is 3. The second kappa shape index (κ2) is 6.69. The zero-order chi connectivity index (χ0) is 17.6. The summed E-state index contributed by atoms with van der Waals surface area (Å²) < 4.78 is 25.3. The first-order valence-electron chi connectivity index (χ1n) is 7.79. The van der Waals surface area contributed by atoms with Crippen LogP contribution in [0.1, 0.15) is 34.6 Å². The van der Waals surface area contributed by atoms with Crippen molar-refractivity contribution in [1.82, 2.24) is 0 Å². The highest BCUT2D eigenvalue weighted by Crippen LogP contribution is 2.44. The van der Waals surface area contributed by atoms with E-state index in [0.29, 0.717) is 0 Å². The van der Waals surface area contributed by atoms with Crippen molar-refractivity contribution in [1.29, 1.82) is 0 Å². The van der Waals surface area contributed by atoms with Crippen LogP contribution in [0.25, 0.3) is 0 Å². The molecule has 0 unspecified atom stereocenters. The van der Waals surface area contributed by atoms with Crippen LogP contribution in [0.3, 0.4) is 0 Å². The summed E-state index contributed by atoms with van der Waals surface area (Å²) >= 11 is 6.63. The fourth-order valence-electron chi connectivity index (χ4n) is 2.43. The van der Waals surface area contributed by atoms with Gasteiger partial charge < -0.3 is 18.6 Å². The van der Waals surface area contributed by atoms with Gasteiger partial charge in [-0.3, -0.25) is 0 Å². The lowest BCUT2D eigenvalue weighted by Gasteiger charge is -2.40. The quantitative estimate of drug-likeness (QED) is 0.428. The van der Waals surface area contributed by atoms with Gasteiger partial charge in [-0.2, -0.15) is 0 Å². The number of hydrogen-bond acceptors (Lipinski definition) is 4. The standard InChI is InChI=1S/C16H26Br2O4Si/c1-15(2,3)23(6,7)22-12-10(8-9-11(17)18)19-14-13(12)20-16(4,5)21-14/h8,10,12-14H,1-7H3/t10-,12-,13-,14-/m1/s1. The van der Waals surface area contributed by atoms with E-state index in [1.807, 2.05) is 19.9 Å². The van der Waals surface area contributed by atoms with E-state index < -0.39 is 20.4 Å². The molecule has 23 heavy (non-hydrogen) atoms. The number of rotatable bonds is 3. The Labute approximate surface area is 157 Å². The molecule has 132 valence electrons. The molecule has 0 aromatic rings. The van der Waals surface area contributed by atoms with E-state index in [-0.39, 0.29) is 23.4 Å². The fraction of sp³-hybridized carbons (Fsp3) is 0.812. The maximum atomic E-state index is 6.61. The molecule has 0 amide bonds. The first-order chi connectivity index (χ1) is 10.3. The van der Waals surface area contributed by atoms with Crippen molar-refractivity contribution in [3.05, 3.63) is 15.2 Å². The van der Waals surface area contributed by atoms with Gasteiger partial charge in [-0.25, -0.2) is 0 Å². The summed E-state index contributed by atoms with van der Waals surface area (Å²) in [5, 5.41) is 0.111. The minimum Gasteiger partial charge on any atom is -0.408 e. The van der Waals surface area contributed by atoms with Crippen molar-refractivity contribution < 1.29 is 18.6 Å². The summed E-state index contributed by atoms with van der Waals surface area (Å²) in [7, 11) is -1.97. The third-order valence-corrected chi connectivity index (χ3v) is 9.55. The van der Waals surface area contributed by atoms with Crippen LogP contribution < -0.4 is 0 Å². The molecule has 0 aromatic carbocycles. The Kier molecular flexibility index (Phi) is 5.77. The molecule has 7 heteroatoms. The molecule has 0 aliphatic carbocycles. The number of fused-ring (bicyclic) bond motifs is 1. The van der Waals surface area contributed by atoms with E-state index in [1.165, 1.54) is 0 Å². The van der Waals surface area contributed by atoms with Crippen LogP contribution >= 0.6 is 31.9 Å². The Balaban J connectivity index is 2.27. The van der Waals surface area contributed by atoms with Crippen molar-refractivity contribution in [3.8, 4) is 0 Å². The summed E-state index contributed by atoms with van der Waals surface area (Å²) in [5.74, 6) is -0.648. The van der Waals surface area contributed by atoms with Crippen molar-refractivity contribution in [2.24, 2.45) is 0 Å². The minimum atomic E-state index is -1.97. The largest absolute Gasteiger partial charge is 0.408 e. The Bertz CT molecular complexity index is 517. The van der Waals surface area contributed by atoms with E-state index >= 15 is 0 Å². The molecule has 0 spiro atoms. The topological polar surface area (TPSA) is 36.9 Å². The van der Waals surface area contributed by atoms with Crippen molar-refractivity contribution >= 4 is 40.2 Å². The van der Waals surface area contributed by atoms with Gasteiger partial charge in [0.15, 0.2) is 20.4 Å². The first kappa shape index (κ1) is 19.9. The summed E-state index contributed by atoms with van der Waals surface area (Å²) in [6.45, 7) is 14.9. The van der Waals surface area contributed by atoms with E-state index in [0.717, 1.165) is 3.39 Å². The molecular weight excluding hydrogens is 444 g/mol. The smallest absolute Gasteiger partial charge is 0.192 e. The van der Waals surface area contributed by atoms with Crippen molar-refractivity contribution in [3.63, 3.8) is 0 Å². The third-order valence-electron chi connectivity index (χ3n) is 4.62. The van der Waals surface area contributed by atoms with Gasteiger partial charge in [0.05, 0.1) is 0 Å². The lowest BCUT2D eigenvalue weighted by molar-refractivity contribution is -0.208. The molecule has 2 aliphatic rings. The van der Waals surface area contributed by atoms with E-state index in [1.54, 1.807) is 0 Å². The highest BCUT2D eigenvalue weighted by molar-refractivity contribution is 9.28. The Hall–Kier alpha value is 0.537. The first-order valence-corrected chi connectivity index (χ1v) is 12.3. The van der Waals surface area contributed by atoms with Gasteiger partial charge in [0, 0.05) is 0 Å². The SMILES string of the molecule is CC1(C)O[C@H]2O[C@H](C=C=C(Br)Br)[C@@H](O[Si](C)(C)C(C)(C)C)[C@H]2O1.